The quantitative estimate of drug-likeness (QED) is 0.602. The number of benzene rings is 1. The Balaban J connectivity index is 1.13. The van der Waals surface area contributed by atoms with E-state index in [0.717, 1.165) is 45.1 Å². The minimum Gasteiger partial charge on any atom is -0.390 e. The first-order chi connectivity index (χ1) is 17.3. The molecule has 11 rings (SSSR count). The van der Waals surface area contributed by atoms with E-state index in [9.17, 15) is 15.0 Å². The Labute approximate surface area is 212 Å². The molecule has 1 aromatic carbocycles. The van der Waals surface area contributed by atoms with Gasteiger partial charge in [0.2, 0.25) is 0 Å². The molecule has 1 saturated heterocycles. The molecule has 5 nitrogen and oxygen atoms in total. The number of fused-ring (bicyclic) bond motifs is 1. The largest absolute Gasteiger partial charge is 0.390 e. The average Bonchev–Trinajstić information content (AvgIpc) is 3.27. The molecule has 1 heterocycles. The Morgan fingerprint density at radius 2 is 1.39 bits per heavy atom. The van der Waals surface area contributed by atoms with Crippen molar-refractivity contribution in [3.8, 4) is 0 Å². The van der Waals surface area contributed by atoms with Crippen LogP contribution in [0.5, 0.6) is 0 Å². The normalized spacial score (nSPS) is 53.3. The van der Waals surface area contributed by atoms with Gasteiger partial charge in [-0.2, -0.15) is 0 Å². The van der Waals surface area contributed by atoms with Crippen LogP contribution in [-0.2, 0) is 0 Å². The molecule has 9 aliphatic carbocycles. The number of nitrogens with zero attached hydrogens (tertiary/aromatic N) is 1. The summed E-state index contributed by atoms with van der Waals surface area (Å²) in [5.41, 5.74) is 0.0892. The molecular formula is C31H38N2O3. The van der Waals surface area contributed by atoms with E-state index in [0.29, 0.717) is 41.4 Å². The number of hydrogen-bond donors (Lipinski definition) is 3. The van der Waals surface area contributed by atoms with Gasteiger partial charge in [0.1, 0.15) is 5.54 Å². The standard InChI is InChI=1S/C31H38N2O3/c34-28-32-31(16-33(28)27-22-7-18-8-23(27)14-30(36,10-18)13-22)15-19-3-1-2-4-24(19)26(31)25-20-5-17-6-21(25)12-29(35,9-17)11-20/h1-4,15,17-18,20-23,25,27,35-36H,5-14,16H2,(H,32,34). The lowest BCUT2D eigenvalue weighted by Gasteiger charge is -2.60. The van der Waals surface area contributed by atoms with Crippen LogP contribution in [-0.4, -0.2) is 50.5 Å². The Hall–Kier alpha value is -1.85. The number of rotatable bonds is 2. The maximum Gasteiger partial charge on any atom is 0.318 e. The van der Waals surface area contributed by atoms with Crippen LogP contribution in [0, 0.1) is 41.4 Å². The Morgan fingerprint density at radius 3 is 2.03 bits per heavy atom. The molecule has 0 radical (unpaired) electrons. The molecule has 36 heavy (non-hydrogen) atoms. The lowest BCUT2D eigenvalue weighted by molar-refractivity contribution is -0.152. The summed E-state index contributed by atoms with van der Waals surface area (Å²) in [6.07, 6.45) is 12.8. The molecule has 1 spiro atoms. The molecule has 3 N–H and O–H groups in total. The van der Waals surface area contributed by atoms with Crippen molar-refractivity contribution in [2.75, 3.05) is 6.54 Å². The summed E-state index contributed by atoms with van der Waals surface area (Å²) in [5.74, 6) is 3.68. The molecule has 1 aromatic rings. The van der Waals surface area contributed by atoms with Gasteiger partial charge < -0.3 is 20.4 Å². The molecule has 10 aliphatic rings. The zero-order valence-electron chi connectivity index (χ0n) is 21.0. The molecule has 190 valence electrons. The molecule has 5 heteroatoms. The van der Waals surface area contributed by atoms with Gasteiger partial charge in [0.15, 0.2) is 0 Å². The van der Waals surface area contributed by atoms with Gasteiger partial charge >= 0.3 is 6.03 Å². The van der Waals surface area contributed by atoms with E-state index in [2.05, 4.69) is 40.6 Å². The van der Waals surface area contributed by atoms with E-state index in [4.69, 9.17) is 0 Å². The number of nitrogens with one attached hydrogen (secondary N) is 1. The van der Waals surface area contributed by atoms with E-state index in [1.165, 1.54) is 41.7 Å². The Morgan fingerprint density at radius 1 is 0.806 bits per heavy atom. The zero-order valence-corrected chi connectivity index (χ0v) is 21.0. The van der Waals surface area contributed by atoms with Crippen molar-refractivity contribution < 1.29 is 15.0 Å². The van der Waals surface area contributed by atoms with E-state index in [1.54, 1.807) is 0 Å². The zero-order chi connectivity index (χ0) is 24.0. The molecule has 1 aliphatic heterocycles. The van der Waals surface area contributed by atoms with Crippen LogP contribution in [0.4, 0.5) is 4.79 Å². The first-order valence-corrected chi connectivity index (χ1v) is 14.7. The summed E-state index contributed by atoms with van der Waals surface area (Å²) in [5, 5.41) is 28.6. The van der Waals surface area contributed by atoms with Crippen LogP contribution >= 0.6 is 0 Å². The molecule has 8 bridgehead atoms. The average molecular weight is 487 g/mol. The fourth-order valence-corrected chi connectivity index (χ4v) is 12.0. The first-order valence-electron chi connectivity index (χ1n) is 14.7. The predicted molar refractivity (Wildman–Crippen MR) is 136 cm³/mol. The summed E-state index contributed by atoms with van der Waals surface area (Å²) >= 11 is 0. The van der Waals surface area contributed by atoms with Crippen LogP contribution in [0.2, 0.25) is 0 Å². The smallest absolute Gasteiger partial charge is 0.318 e. The van der Waals surface area contributed by atoms with E-state index in [1.807, 2.05) is 0 Å². The summed E-state index contributed by atoms with van der Waals surface area (Å²) in [7, 11) is 0. The maximum atomic E-state index is 13.9. The van der Waals surface area contributed by atoms with E-state index < -0.39 is 16.7 Å². The van der Waals surface area contributed by atoms with Crippen molar-refractivity contribution in [3.05, 3.63) is 34.7 Å². The molecule has 9 fully saturated rings. The highest BCUT2D eigenvalue weighted by Gasteiger charge is 2.62. The second kappa shape index (κ2) is 6.58. The van der Waals surface area contributed by atoms with Gasteiger partial charge in [0.25, 0.3) is 0 Å². The lowest BCUT2D eigenvalue weighted by atomic mass is 9.48. The van der Waals surface area contributed by atoms with Gasteiger partial charge in [-0.25, -0.2) is 4.79 Å². The number of carbonyl (C=O) groups excluding carboxylic acids is 1. The minimum absolute atomic E-state index is 0.100. The molecular weight excluding hydrogens is 448 g/mol. The van der Waals surface area contributed by atoms with Gasteiger partial charge in [-0.05, 0) is 128 Å². The Bertz CT molecular complexity index is 1270. The second-order valence-electron chi connectivity index (χ2n) is 14.6. The third-order valence-electron chi connectivity index (χ3n) is 12.3. The van der Waals surface area contributed by atoms with Gasteiger partial charge in [0, 0.05) is 6.04 Å². The van der Waals surface area contributed by atoms with E-state index in [-0.39, 0.29) is 12.1 Å². The van der Waals surface area contributed by atoms with Crippen molar-refractivity contribution in [1.82, 2.24) is 10.2 Å². The van der Waals surface area contributed by atoms with Crippen molar-refractivity contribution in [2.24, 2.45) is 41.4 Å². The van der Waals surface area contributed by atoms with Gasteiger partial charge in [-0.1, -0.05) is 24.3 Å². The molecule has 8 saturated carbocycles. The topological polar surface area (TPSA) is 72.8 Å². The fraction of sp³-hybridized carbons (Fsp3) is 0.710. The monoisotopic (exact) mass is 486 g/mol. The molecule has 5 unspecified atom stereocenters. The summed E-state index contributed by atoms with van der Waals surface area (Å²) in [4.78, 5) is 16.1. The van der Waals surface area contributed by atoms with Crippen molar-refractivity contribution in [1.29, 1.82) is 0 Å². The molecule has 0 aromatic heterocycles. The van der Waals surface area contributed by atoms with Crippen LogP contribution in [0.3, 0.4) is 0 Å². The molecule has 5 atom stereocenters. The summed E-state index contributed by atoms with van der Waals surface area (Å²) in [6, 6.07) is 9.15. The number of amides is 2. The van der Waals surface area contributed by atoms with Crippen molar-refractivity contribution >= 4 is 17.7 Å². The third-order valence-corrected chi connectivity index (χ3v) is 12.3. The van der Waals surface area contributed by atoms with Gasteiger partial charge in [-0.3, -0.25) is 0 Å². The highest BCUT2D eigenvalue weighted by Crippen LogP contribution is 2.62. The molecule has 2 amide bonds. The Kier molecular flexibility index (Phi) is 3.86. The maximum absolute atomic E-state index is 13.9. The highest BCUT2D eigenvalue weighted by molar-refractivity contribution is 5.89. The highest BCUT2D eigenvalue weighted by atomic mass is 16.3. The number of urea groups is 1. The minimum atomic E-state index is -0.478. The summed E-state index contributed by atoms with van der Waals surface area (Å²) in [6.45, 7) is 0.722. The lowest BCUT2D eigenvalue weighted by Crippen LogP contribution is -2.62. The third kappa shape index (κ3) is 2.67. The van der Waals surface area contributed by atoms with Crippen LogP contribution in [0.25, 0.3) is 11.6 Å². The van der Waals surface area contributed by atoms with Crippen LogP contribution in [0.15, 0.2) is 24.3 Å². The number of hydrogen-bond acceptors (Lipinski definition) is 3. The fourth-order valence-electron chi connectivity index (χ4n) is 12.0. The van der Waals surface area contributed by atoms with E-state index >= 15 is 0 Å². The van der Waals surface area contributed by atoms with Crippen molar-refractivity contribution in [2.45, 2.75) is 87.0 Å². The summed E-state index contributed by atoms with van der Waals surface area (Å²) < 4.78 is 0. The van der Waals surface area contributed by atoms with Gasteiger partial charge in [0.05, 0.1) is 17.7 Å². The number of aliphatic hydroxyl groups is 2. The number of carbonyl (C=O) groups is 1. The van der Waals surface area contributed by atoms with Crippen LogP contribution in [0.1, 0.15) is 64.2 Å². The van der Waals surface area contributed by atoms with Crippen LogP contribution < -0.4 is 15.8 Å². The second-order valence-corrected chi connectivity index (χ2v) is 14.6. The van der Waals surface area contributed by atoms with Crippen molar-refractivity contribution in [3.63, 3.8) is 0 Å². The first kappa shape index (κ1) is 21.1. The van der Waals surface area contributed by atoms with Gasteiger partial charge in [-0.15, -0.1) is 0 Å². The SMILES string of the molecule is O=C1NC2(C=c3ccccc3=C2C2C3CC4CC2CC(O)(C4)C3)CN1C1C2CC3CC1CC(O)(C3)C2. The predicted octanol–water partition coefficient (Wildman–Crippen LogP) is 2.52.